The molecule has 1 heterocycles. The van der Waals surface area contributed by atoms with Gasteiger partial charge in [-0.05, 0) is 39.6 Å². The smallest absolute Gasteiger partial charge is 0.243 e. The van der Waals surface area contributed by atoms with Crippen LogP contribution in [0.1, 0.15) is 16.7 Å². The summed E-state index contributed by atoms with van der Waals surface area (Å²) in [6, 6.07) is 34.5. The number of benzene rings is 4. The van der Waals surface area contributed by atoms with Gasteiger partial charge in [0.15, 0.2) is 0 Å². The lowest BCUT2D eigenvalue weighted by atomic mass is 9.74. The summed E-state index contributed by atoms with van der Waals surface area (Å²) in [4.78, 5) is 13.5. The van der Waals surface area contributed by atoms with Gasteiger partial charge in [-0.2, -0.15) is 0 Å². The molecule has 134 valence electrons. The highest BCUT2D eigenvalue weighted by atomic mass is 16.2. The van der Waals surface area contributed by atoms with Crippen LogP contribution in [0, 0.1) is 0 Å². The van der Waals surface area contributed by atoms with E-state index in [1.807, 2.05) is 72.8 Å². The molecule has 0 fully saturated rings. The first-order valence-electron chi connectivity index (χ1n) is 9.42. The van der Waals surface area contributed by atoms with Gasteiger partial charge in [0.2, 0.25) is 5.91 Å². The first kappa shape index (κ1) is 16.5. The van der Waals surface area contributed by atoms with E-state index >= 15 is 0 Å². The molecule has 0 aromatic heterocycles. The zero-order valence-corrected chi connectivity index (χ0v) is 15.3. The summed E-state index contributed by atoms with van der Waals surface area (Å²) in [5.74, 6) is -0.0205. The van der Waals surface area contributed by atoms with E-state index in [2.05, 4.69) is 41.7 Å². The van der Waals surface area contributed by atoms with Crippen molar-refractivity contribution >= 4 is 22.4 Å². The van der Waals surface area contributed by atoms with Gasteiger partial charge in [-0.15, -0.1) is 0 Å². The summed E-state index contributed by atoms with van der Waals surface area (Å²) in [6.07, 6.45) is 2.07. The molecule has 1 N–H and O–H groups in total. The minimum atomic E-state index is -0.851. The maximum atomic E-state index is 13.5. The predicted octanol–water partition coefficient (Wildman–Crippen LogP) is 5.30. The van der Waals surface area contributed by atoms with E-state index in [4.69, 9.17) is 0 Å². The van der Waals surface area contributed by atoms with Crippen LogP contribution in [-0.2, 0) is 10.2 Å². The van der Waals surface area contributed by atoms with Crippen LogP contribution in [0.2, 0.25) is 0 Å². The number of amides is 1. The third-order valence-corrected chi connectivity index (χ3v) is 5.49. The van der Waals surface area contributed by atoms with Gasteiger partial charge in [0.25, 0.3) is 0 Å². The molecule has 0 radical (unpaired) electrons. The summed E-state index contributed by atoms with van der Waals surface area (Å²) in [5.41, 5.74) is 2.95. The van der Waals surface area contributed by atoms with Crippen LogP contribution in [0.5, 0.6) is 0 Å². The van der Waals surface area contributed by atoms with E-state index in [0.29, 0.717) is 0 Å². The molecule has 1 atom stereocenters. The molecule has 28 heavy (non-hydrogen) atoms. The Morgan fingerprint density at radius 1 is 0.607 bits per heavy atom. The highest BCUT2D eigenvalue weighted by molar-refractivity contribution is 6.06. The van der Waals surface area contributed by atoms with Crippen molar-refractivity contribution in [2.75, 3.05) is 0 Å². The second-order valence-electron chi connectivity index (χ2n) is 7.11. The van der Waals surface area contributed by atoms with Gasteiger partial charge in [-0.3, -0.25) is 4.79 Å². The minimum Gasteiger partial charge on any atom is -0.324 e. The summed E-state index contributed by atoms with van der Waals surface area (Å²) in [5, 5.41) is 5.42. The van der Waals surface area contributed by atoms with Gasteiger partial charge in [0, 0.05) is 5.70 Å². The largest absolute Gasteiger partial charge is 0.324 e. The minimum absolute atomic E-state index is 0.0205. The van der Waals surface area contributed by atoms with E-state index in [9.17, 15) is 4.79 Å². The Kier molecular flexibility index (Phi) is 3.84. The second-order valence-corrected chi connectivity index (χ2v) is 7.11. The van der Waals surface area contributed by atoms with Crippen LogP contribution in [0.25, 0.3) is 16.5 Å². The van der Waals surface area contributed by atoms with Crippen LogP contribution < -0.4 is 5.32 Å². The van der Waals surface area contributed by atoms with Crippen LogP contribution in [0.15, 0.2) is 109 Å². The molecule has 0 aliphatic carbocycles. The Morgan fingerprint density at radius 2 is 1.25 bits per heavy atom. The molecular weight excluding hydrogens is 342 g/mol. The number of carbonyl (C=O) groups excluding carboxylic acids is 1. The maximum absolute atomic E-state index is 13.5. The first-order chi connectivity index (χ1) is 13.8. The van der Waals surface area contributed by atoms with Crippen molar-refractivity contribution in [1.29, 1.82) is 0 Å². The Hall–Kier alpha value is -3.65. The fourth-order valence-corrected chi connectivity index (χ4v) is 4.04. The lowest BCUT2D eigenvalue weighted by molar-refractivity contribution is -0.121. The molecule has 1 aliphatic rings. The fourth-order valence-electron chi connectivity index (χ4n) is 4.04. The quantitative estimate of drug-likeness (QED) is 0.527. The zero-order valence-electron chi connectivity index (χ0n) is 15.3. The monoisotopic (exact) mass is 361 g/mol. The highest BCUT2D eigenvalue weighted by Crippen LogP contribution is 2.41. The van der Waals surface area contributed by atoms with Crippen molar-refractivity contribution in [1.82, 2.24) is 5.32 Å². The Bertz CT molecular complexity index is 1190. The second kappa shape index (κ2) is 6.50. The van der Waals surface area contributed by atoms with Gasteiger partial charge in [-0.25, -0.2) is 0 Å². The number of hydrogen-bond donors (Lipinski definition) is 1. The van der Waals surface area contributed by atoms with Gasteiger partial charge in [0.05, 0.1) is 0 Å². The standard InChI is InChI=1S/C26H19NO/c28-25-26(22-13-5-2-6-14-22,18-24(27-25)20-10-3-1-4-11-20)23-16-15-19-9-7-8-12-21(19)17-23/h1-18H,(H,27,28). The fraction of sp³-hybridized carbons (Fsp3) is 0.0385. The Labute approximate surface area is 164 Å². The highest BCUT2D eigenvalue weighted by Gasteiger charge is 2.45. The molecule has 1 amide bonds. The number of rotatable bonds is 3. The average molecular weight is 361 g/mol. The summed E-state index contributed by atoms with van der Waals surface area (Å²) in [6.45, 7) is 0. The Balaban J connectivity index is 1.77. The molecule has 2 nitrogen and oxygen atoms in total. The number of carbonyl (C=O) groups is 1. The van der Waals surface area contributed by atoms with E-state index in [1.54, 1.807) is 0 Å². The normalized spacial score (nSPS) is 18.7. The molecule has 1 aliphatic heterocycles. The lowest BCUT2D eigenvalue weighted by Gasteiger charge is -2.26. The number of hydrogen-bond acceptors (Lipinski definition) is 1. The molecule has 0 saturated carbocycles. The summed E-state index contributed by atoms with van der Waals surface area (Å²) < 4.78 is 0. The number of fused-ring (bicyclic) bond motifs is 1. The van der Waals surface area contributed by atoms with Gasteiger partial charge in [0.1, 0.15) is 5.41 Å². The van der Waals surface area contributed by atoms with Crippen molar-refractivity contribution in [3.8, 4) is 0 Å². The van der Waals surface area contributed by atoms with E-state index in [1.165, 1.54) is 5.39 Å². The van der Waals surface area contributed by atoms with Crippen molar-refractivity contribution < 1.29 is 4.79 Å². The SMILES string of the molecule is O=C1NC(c2ccccc2)=CC1(c1ccccc1)c1ccc2ccccc2c1. The molecular formula is C26H19NO. The predicted molar refractivity (Wildman–Crippen MR) is 114 cm³/mol. The lowest BCUT2D eigenvalue weighted by Crippen LogP contribution is -2.37. The van der Waals surface area contributed by atoms with Gasteiger partial charge >= 0.3 is 0 Å². The molecule has 4 aromatic carbocycles. The van der Waals surface area contributed by atoms with Crippen molar-refractivity contribution in [2.45, 2.75) is 5.41 Å². The molecule has 2 heteroatoms. The maximum Gasteiger partial charge on any atom is 0.243 e. The van der Waals surface area contributed by atoms with Crippen molar-refractivity contribution in [3.05, 3.63) is 126 Å². The third-order valence-electron chi connectivity index (χ3n) is 5.49. The molecule has 4 aromatic rings. The molecule has 0 bridgehead atoms. The van der Waals surface area contributed by atoms with Crippen LogP contribution in [0.4, 0.5) is 0 Å². The van der Waals surface area contributed by atoms with Crippen LogP contribution in [-0.4, -0.2) is 5.91 Å². The van der Waals surface area contributed by atoms with Gasteiger partial charge in [-0.1, -0.05) is 97.1 Å². The topological polar surface area (TPSA) is 29.1 Å². The molecule has 5 rings (SSSR count). The Morgan fingerprint density at radius 3 is 2.00 bits per heavy atom. The zero-order chi connectivity index (χ0) is 19.0. The van der Waals surface area contributed by atoms with E-state index in [0.717, 1.165) is 27.8 Å². The number of nitrogens with one attached hydrogen (secondary N) is 1. The average Bonchev–Trinajstić information content (AvgIpc) is 3.13. The molecule has 1 unspecified atom stereocenters. The third kappa shape index (κ3) is 2.54. The van der Waals surface area contributed by atoms with Crippen LogP contribution >= 0.6 is 0 Å². The summed E-state index contributed by atoms with van der Waals surface area (Å²) >= 11 is 0. The van der Waals surface area contributed by atoms with E-state index in [-0.39, 0.29) is 5.91 Å². The molecule has 0 spiro atoms. The van der Waals surface area contributed by atoms with E-state index < -0.39 is 5.41 Å². The first-order valence-corrected chi connectivity index (χ1v) is 9.42. The summed E-state index contributed by atoms with van der Waals surface area (Å²) in [7, 11) is 0. The van der Waals surface area contributed by atoms with Crippen molar-refractivity contribution in [2.24, 2.45) is 0 Å². The van der Waals surface area contributed by atoms with Crippen LogP contribution in [0.3, 0.4) is 0 Å². The molecule has 0 saturated heterocycles. The van der Waals surface area contributed by atoms with Gasteiger partial charge < -0.3 is 5.32 Å². The van der Waals surface area contributed by atoms with Crippen molar-refractivity contribution in [3.63, 3.8) is 0 Å².